The smallest absolute Gasteiger partial charge is 0.339 e. The van der Waals surface area contributed by atoms with E-state index in [1.54, 1.807) is 12.1 Å². The van der Waals surface area contributed by atoms with E-state index in [-0.39, 0.29) is 22.6 Å². The third-order valence-electron chi connectivity index (χ3n) is 2.32. The van der Waals surface area contributed by atoms with Crippen molar-refractivity contribution in [2.45, 2.75) is 0 Å². The highest BCUT2D eigenvalue weighted by atomic mass is 35.5. The lowest BCUT2D eigenvalue weighted by Gasteiger charge is -1.97. The number of aromatic carboxylic acids is 2. The number of carboxylic acid groups (broad SMARTS) is 2. The fraction of sp³-hybridized carbons (Fsp3) is 0. The Kier molecular flexibility index (Phi) is 5.57. The van der Waals surface area contributed by atoms with Crippen LogP contribution in [-0.2, 0) is 0 Å². The van der Waals surface area contributed by atoms with Crippen LogP contribution in [0.1, 0.15) is 20.7 Å². The van der Waals surface area contributed by atoms with Crippen LogP contribution in [0.5, 0.6) is 11.5 Å². The highest BCUT2D eigenvalue weighted by Crippen LogP contribution is 2.20. The normalized spacial score (nSPS) is 9.38. The van der Waals surface area contributed by atoms with Gasteiger partial charge < -0.3 is 20.4 Å². The van der Waals surface area contributed by atoms with E-state index < -0.39 is 11.9 Å². The summed E-state index contributed by atoms with van der Waals surface area (Å²) in [7, 11) is 0. The van der Waals surface area contributed by atoms with Crippen LogP contribution in [0, 0.1) is 0 Å². The molecule has 2 aromatic rings. The number of hydrogen-bond donors (Lipinski definition) is 4. The number of phenols is 2. The molecule has 0 aliphatic carbocycles. The van der Waals surface area contributed by atoms with Gasteiger partial charge in [-0.1, -0.05) is 23.7 Å². The molecule has 21 heavy (non-hydrogen) atoms. The number of para-hydroxylation sites is 1. The maximum absolute atomic E-state index is 10.4. The monoisotopic (exact) mass is 310 g/mol. The van der Waals surface area contributed by atoms with Gasteiger partial charge in [-0.25, -0.2) is 9.59 Å². The van der Waals surface area contributed by atoms with Gasteiger partial charge >= 0.3 is 11.9 Å². The van der Waals surface area contributed by atoms with Crippen LogP contribution in [0.3, 0.4) is 0 Å². The summed E-state index contributed by atoms with van der Waals surface area (Å²) >= 11 is 5.49. The summed E-state index contributed by atoms with van der Waals surface area (Å²) in [5.41, 5.74) is -0.250. The first kappa shape index (κ1) is 16.3. The number of hydrogen-bond acceptors (Lipinski definition) is 4. The molecule has 4 N–H and O–H groups in total. The fourth-order valence-electron chi connectivity index (χ4n) is 1.33. The van der Waals surface area contributed by atoms with E-state index in [1.807, 2.05) is 0 Å². The van der Waals surface area contributed by atoms with Crippen molar-refractivity contribution < 1.29 is 30.0 Å². The lowest BCUT2D eigenvalue weighted by Crippen LogP contribution is -1.95. The first-order valence-corrected chi connectivity index (χ1v) is 5.94. The van der Waals surface area contributed by atoms with E-state index in [9.17, 15) is 9.59 Å². The lowest BCUT2D eigenvalue weighted by molar-refractivity contribution is 0.0682. The van der Waals surface area contributed by atoms with Gasteiger partial charge in [0.15, 0.2) is 0 Å². The molecular weight excluding hydrogens is 300 g/mol. The summed E-state index contributed by atoms with van der Waals surface area (Å²) in [6, 6.07) is 9.67. The number of carboxylic acids is 2. The third-order valence-corrected chi connectivity index (χ3v) is 2.56. The maximum Gasteiger partial charge on any atom is 0.339 e. The third kappa shape index (κ3) is 4.70. The van der Waals surface area contributed by atoms with Crippen molar-refractivity contribution in [3.05, 3.63) is 58.6 Å². The van der Waals surface area contributed by atoms with Gasteiger partial charge in [0.2, 0.25) is 0 Å². The topological polar surface area (TPSA) is 115 Å². The molecule has 0 fully saturated rings. The van der Waals surface area contributed by atoms with Crippen LogP contribution < -0.4 is 0 Å². The van der Waals surface area contributed by atoms with Crippen LogP contribution in [-0.4, -0.2) is 32.4 Å². The Balaban J connectivity index is 0.000000211. The largest absolute Gasteiger partial charge is 0.507 e. The number of carbonyl (C=O) groups is 2. The summed E-state index contributed by atoms with van der Waals surface area (Å²) < 4.78 is 0. The van der Waals surface area contributed by atoms with Crippen LogP contribution in [0.15, 0.2) is 42.5 Å². The van der Waals surface area contributed by atoms with Crippen LogP contribution in [0.4, 0.5) is 0 Å². The van der Waals surface area contributed by atoms with Crippen molar-refractivity contribution in [1.29, 1.82) is 0 Å². The Bertz CT molecular complexity index is 668. The van der Waals surface area contributed by atoms with Crippen molar-refractivity contribution in [3.8, 4) is 11.5 Å². The Morgan fingerprint density at radius 2 is 1.33 bits per heavy atom. The molecule has 2 rings (SSSR count). The number of benzene rings is 2. The summed E-state index contributed by atoms with van der Waals surface area (Å²) in [5, 5.41) is 35.0. The van der Waals surface area contributed by atoms with E-state index in [1.165, 1.54) is 30.3 Å². The van der Waals surface area contributed by atoms with Gasteiger partial charge in [-0.2, -0.15) is 0 Å². The SMILES string of the molecule is O=C(O)c1cc(Cl)ccc1O.O=C(O)c1ccccc1O. The molecule has 0 unspecified atom stereocenters. The summed E-state index contributed by atoms with van der Waals surface area (Å²) in [6.45, 7) is 0. The van der Waals surface area contributed by atoms with E-state index in [4.69, 9.17) is 32.0 Å². The molecule has 0 atom stereocenters. The maximum atomic E-state index is 10.4. The molecule has 2 aromatic carbocycles. The summed E-state index contributed by atoms with van der Waals surface area (Å²) in [6.07, 6.45) is 0. The standard InChI is InChI=1S/C7H5ClO3.C7H6O3/c8-4-1-2-6(9)5(3-4)7(10)11;8-6-4-2-1-3-5(6)7(9)10/h1-3,9H,(H,10,11);1-4,8H,(H,9,10). The van der Waals surface area contributed by atoms with Crippen LogP contribution in [0.25, 0.3) is 0 Å². The minimum absolute atomic E-state index is 0.0671. The Labute approximate surface area is 124 Å². The average Bonchev–Trinajstić information content (AvgIpc) is 2.42. The van der Waals surface area contributed by atoms with Gasteiger partial charge in [-0.3, -0.25) is 0 Å². The van der Waals surface area contributed by atoms with Crippen molar-refractivity contribution in [2.75, 3.05) is 0 Å². The average molecular weight is 311 g/mol. The minimum Gasteiger partial charge on any atom is -0.507 e. The molecule has 0 heterocycles. The zero-order valence-corrected chi connectivity index (χ0v) is 11.3. The first-order valence-electron chi connectivity index (χ1n) is 5.56. The molecule has 0 amide bonds. The second-order valence-corrected chi connectivity index (χ2v) is 4.23. The molecule has 7 heteroatoms. The fourth-order valence-corrected chi connectivity index (χ4v) is 1.51. The van der Waals surface area contributed by atoms with E-state index in [0.29, 0.717) is 5.02 Å². The van der Waals surface area contributed by atoms with Gasteiger partial charge in [0.1, 0.15) is 22.6 Å². The van der Waals surface area contributed by atoms with Gasteiger partial charge in [0.25, 0.3) is 0 Å². The second-order valence-electron chi connectivity index (χ2n) is 3.79. The predicted molar refractivity (Wildman–Crippen MR) is 75.1 cm³/mol. The molecular formula is C14H11ClO6. The predicted octanol–water partition coefficient (Wildman–Crippen LogP) is 2.83. The Morgan fingerprint density at radius 1 is 0.810 bits per heavy atom. The van der Waals surface area contributed by atoms with Gasteiger partial charge in [0.05, 0.1) is 0 Å². The highest BCUT2D eigenvalue weighted by Gasteiger charge is 2.08. The highest BCUT2D eigenvalue weighted by molar-refractivity contribution is 6.31. The minimum atomic E-state index is -1.19. The zero-order chi connectivity index (χ0) is 16.0. The Morgan fingerprint density at radius 3 is 1.76 bits per heavy atom. The number of rotatable bonds is 2. The zero-order valence-electron chi connectivity index (χ0n) is 10.5. The molecule has 6 nitrogen and oxygen atoms in total. The summed E-state index contributed by atoms with van der Waals surface area (Å²) in [4.78, 5) is 20.6. The quantitative estimate of drug-likeness (QED) is 0.678. The van der Waals surface area contributed by atoms with Crippen LogP contribution in [0.2, 0.25) is 5.02 Å². The van der Waals surface area contributed by atoms with Crippen molar-refractivity contribution in [2.24, 2.45) is 0 Å². The molecule has 110 valence electrons. The molecule has 0 aliphatic heterocycles. The van der Waals surface area contributed by atoms with Crippen molar-refractivity contribution in [3.63, 3.8) is 0 Å². The Hall–Kier alpha value is -2.73. The van der Waals surface area contributed by atoms with Crippen LogP contribution >= 0.6 is 11.6 Å². The van der Waals surface area contributed by atoms with E-state index in [0.717, 1.165) is 0 Å². The van der Waals surface area contributed by atoms with Crippen molar-refractivity contribution in [1.82, 2.24) is 0 Å². The second kappa shape index (κ2) is 7.16. The number of aromatic hydroxyl groups is 2. The molecule has 0 saturated carbocycles. The van der Waals surface area contributed by atoms with Gasteiger partial charge in [-0.15, -0.1) is 0 Å². The van der Waals surface area contributed by atoms with Gasteiger partial charge in [-0.05, 0) is 30.3 Å². The first-order chi connectivity index (χ1) is 9.82. The lowest BCUT2D eigenvalue weighted by atomic mass is 10.2. The molecule has 0 radical (unpaired) electrons. The molecule has 0 aromatic heterocycles. The van der Waals surface area contributed by atoms with Gasteiger partial charge in [0, 0.05) is 5.02 Å². The molecule has 0 saturated heterocycles. The molecule has 0 aliphatic rings. The summed E-state index contributed by atoms with van der Waals surface area (Å²) in [5.74, 6) is -2.78. The number of halogens is 1. The van der Waals surface area contributed by atoms with E-state index >= 15 is 0 Å². The molecule has 0 spiro atoms. The van der Waals surface area contributed by atoms with Crippen molar-refractivity contribution >= 4 is 23.5 Å². The van der Waals surface area contributed by atoms with E-state index in [2.05, 4.69) is 0 Å². The molecule has 0 bridgehead atoms.